The van der Waals surface area contributed by atoms with Crippen LogP contribution in [-0.2, 0) is 13.0 Å². The molecular formula is C13H21N5O. The molecule has 2 rings (SSSR count). The number of hydrazine groups is 1. The summed E-state index contributed by atoms with van der Waals surface area (Å²) in [6, 6.07) is -0.0213. The van der Waals surface area contributed by atoms with E-state index in [2.05, 4.69) is 22.4 Å². The molecule has 0 saturated heterocycles. The van der Waals surface area contributed by atoms with Crippen molar-refractivity contribution in [1.82, 2.24) is 20.2 Å². The topological polar surface area (TPSA) is 81.9 Å². The Bertz CT molecular complexity index is 557. The zero-order valence-corrected chi connectivity index (χ0v) is 11.9. The van der Waals surface area contributed by atoms with E-state index in [0.29, 0.717) is 6.42 Å². The van der Waals surface area contributed by atoms with Crippen molar-refractivity contribution in [1.29, 1.82) is 0 Å². The lowest BCUT2D eigenvalue weighted by atomic mass is 9.99. The van der Waals surface area contributed by atoms with Crippen LogP contribution < -0.4 is 11.3 Å². The number of furan rings is 1. The minimum atomic E-state index is -0.0213. The highest BCUT2D eigenvalue weighted by atomic mass is 16.3. The van der Waals surface area contributed by atoms with Crippen LogP contribution in [0.4, 0.5) is 0 Å². The molecule has 0 radical (unpaired) electrons. The molecule has 1 unspecified atom stereocenters. The van der Waals surface area contributed by atoms with Gasteiger partial charge in [-0.2, -0.15) is 5.10 Å². The largest absolute Gasteiger partial charge is 0.466 e. The summed E-state index contributed by atoms with van der Waals surface area (Å²) in [5.41, 5.74) is 5.12. The Morgan fingerprint density at radius 3 is 2.63 bits per heavy atom. The molecule has 0 fully saturated rings. The van der Waals surface area contributed by atoms with E-state index in [1.165, 1.54) is 0 Å². The smallest absolute Gasteiger partial charge is 0.138 e. The molecule has 2 aromatic rings. The van der Waals surface area contributed by atoms with Crippen molar-refractivity contribution < 1.29 is 4.42 Å². The third-order valence-corrected chi connectivity index (χ3v) is 3.55. The van der Waals surface area contributed by atoms with Crippen LogP contribution in [0.15, 0.2) is 10.7 Å². The molecule has 2 aromatic heterocycles. The number of aryl methyl sites for hydroxylation is 3. The van der Waals surface area contributed by atoms with Gasteiger partial charge < -0.3 is 4.42 Å². The molecule has 0 aromatic carbocycles. The Morgan fingerprint density at radius 2 is 2.11 bits per heavy atom. The first-order valence-corrected chi connectivity index (χ1v) is 6.47. The van der Waals surface area contributed by atoms with E-state index < -0.39 is 0 Å². The summed E-state index contributed by atoms with van der Waals surface area (Å²) in [6.07, 6.45) is 2.26. The molecule has 2 heterocycles. The van der Waals surface area contributed by atoms with Crippen molar-refractivity contribution in [3.63, 3.8) is 0 Å². The molecule has 19 heavy (non-hydrogen) atoms. The van der Waals surface area contributed by atoms with E-state index in [1.54, 1.807) is 6.33 Å². The van der Waals surface area contributed by atoms with Crippen molar-refractivity contribution >= 4 is 0 Å². The highest BCUT2D eigenvalue weighted by molar-refractivity contribution is 5.34. The zero-order chi connectivity index (χ0) is 14.0. The molecule has 3 N–H and O–H groups in total. The van der Waals surface area contributed by atoms with Crippen molar-refractivity contribution in [3.05, 3.63) is 34.8 Å². The average molecular weight is 263 g/mol. The van der Waals surface area contributed by atoms with Crippen LogP contribution in [-0.4, -0.2) is 14.8 Å². The average Bonchev–Trinajstić information content (AvgIpc) is 2.93. The summed E-state index contributed by atoms with van der Waals surface area (Å²) in [5, 5.41) is 4.18. The lowest BCUT2D eigenvalue weighted by molar-refractivity contribution is 0.475. The van der Waals surface area contributed by atoms with Crippen molar-refractivity contribution in [2.75, 3.05) is 0 Å². The first-order chi connectivity index (χ1) is 9.08. The minimum absolute atomic E-state index is 0.0213. The number of rotatable bonds is 5. The summed E-state index contributed by atoms with van der Waals surface area (Å²) in [7, 11) is 0. The van der Waals surface area contributed by atoms with E-state index in [0.717, 1.165) is 35.0 Å². The quantitative estimate of drug-likeness (QED) is 0.632. The SMILES string of the molecule is CCn1ncnc1CC(NN)c1c(C)oc(C)c1C. The van der Waals surface area contributed by atoms with Gasteiger partial charge in [0.2, 0.25) is 0 Å². The molecule has 0 aliphatic rings. The fraction of sp³-hybridized carbons (Fsp3) is 0.538. The van der Waals surface area contributed by atoms with Gasteiger partial charge in [0.05, 0.1) is 6.04 Å². The van der Waals surface area contributed by atoms with E-state index in [9.17, 15) is 0 Å². The van der Waals surface area contributed by atoms with Gasteiger partial charge in [0.1, 0.15) is 23.7 Å². The second kappa shape index (κ2) is 5.54. The maximum Gasteiger partial charge on any atom is 0.138 e. The molecule has 0 bridgehead atoms. The first kappa shape index (κ1) is 13.8. The molecule has 0 saturated carbocycles. The Morgan fingerprint density at radius 1 is 1.37 bits per heavy atom. The van der Waals surface area contributed by atoms with Gasteiger partial charge in [-0.15, -0.1) is 0 Å². The van der Waals surface area contributed by atoms with Crippen molar-refractivity contribution in [2.45, 2.75) is 46.7 Å². The Kier molecular flexibility index (Phi) is 4.01. The summed E-state index contributed by atoms with van der Waals surface area (Å²) < 4.78 is 7.54. The maximum absolute atomic E-state index is 5.71. The van der Waals surface area contributed by atoms with Crippen LogP contribution in [0.5, 0.6) is 0 Å². The van der Waals surface area contributed by atoms with Crippen LogP contribution in [0.1, 0.15) is 41.4 Å². The molecule has 0 aliphatic carbocycles. The van der Waals surface area contributed by atoms with Gasteiger partial charge in [0, 0.05) is 18.5 Å². The molecule has 6 heteroatoms. The summed E-state index contributed by atoms with van der Waals surface area (Å²) in [5.74, 6) is 8.47. The summed E-state index contributed by atoms with van der Waals surface area (Å²) in [4.78, 5) is 4.29. The fourth-order valence-corrected chi connectivity index (χ4v) is 2.46. The molecule has 0 spiro atoms. The van der Waals surface area contributed by atoms with Crippen molar-refractivity contribution in [3.8, 4) is 0 Å². The van der Waals surface area contributed by atoms with Gasteiger partial charge in [-0.3, -0.25) is 16.0 Å². The molecule has 1 atom stereocenters. The monoisotopic (exact) mass is 263 g/mol. The van der Waals surface area contributed by atoms with Crippen LogP contribution in [0, 0.1) is 20.8 Å². The van der Waals surface area contributed by atoms with Gasteiger partial charge in [0.25, 0.3) is 0 Å². The van der Waals surface area contributed by atoms with Crippen LogP contribution in [0.3, 0.4) is 0 Å². The number of nitrogens with zero attached hydrogens (tertiary/aromatic N) is 3. The summed E-state index contributed by atoms with van der Waals surface area (Å²) >= 11 is 0. The number of hydrogen-bond donors (Lipinski definition) is 2. The van der Waals surface area contributed by atoms with E-state index in [-0.39, 0.29) is 6.04 Å². The van der Waals surface area contributed by atoms with Crippen LogP contribution in [0.2, 0.25) is 0 Å². The maximum atomic E-state index is 5.71. The Hall–Kier alpha value is -1.66. The lowest BCUT2D eigenvalue weighted by Gasteiger charge is -2.16. The third kappa shape index (κ3) is 2.54. The lowest BCUT2D eigenvalue weighted by Crippen LogP contribution is -2.31. The number of nitrogens with one attached hydrogen (secondary N) is 1. The fourth-order valence-electron chi connectivity index (χ4n) is 2.46. The second-order valence-electron chi connectivity index (χ2n) is 4.67. The standard InChI is InChI=1S/C13H21N5O/c1-5-18-12(15-7-16-18)6-11(17-14)13-8(2)9(3)19-10(13)4/h7,11,17H,5-6,14H2,1-4H3. The molecule has 0 amide bonds. The third-order valence-electron chi connectivity index (χ3n) is 3.55. The Balaban J connectivity index is 2.30. The Labute approximate surface area is 113 Å². The molecule has 0 aliphatic heterocycles. The predicted octanol–water partition coefficient (Wildman–Crippen LogP) is 1.56. The number of nitrogens with two attached hydrogens (primary N) is 1. The van der Waals surface area contributed by atoms with E-state index in [1.807, 2.05) is 25.5 Å². The van der Waals surface area contributed by atoms with Gasteiger partial charge in [-0.1, -0.05) is 0 Å². The predicted molar refractivity (Wildman–Crippen MR) is 72.4 cm³/mol. The molecular weight excluding hydrogens is 242 g/mol. The van der Waals surface area contributed by atoms with Gasteiger partial charge in [-0.25, -0.2) is 4.98 Å². The normalized spacial score (nSPS) is 12.9. The molecule has 104 valence electrons. The van der Waals surface area contributed by atoms with E-state index >= 15 is 0 Å². The number of hydrogen-bond acceptors (Lipinski definition) is 5. The highest BCUT2D eigenvalue weighted by Gasteiger charge is 2.22. The minimum Gasteiger partial charge on any atom is -0.466 e. The summed E-state index contributed by atoms with van der Waals surface area (Å²) in [6.45, 7) is 8.82. The first-order valence-electron chi connectivity index (χ1n) is 6.47. The number of aromatic nitrogens is 3. The van der Waals surface area contributed by atoms with E-state index in [4.69, 9.17) is 10.3 Å². The van der Waals surface area contributed by atoms with Gasteiger partial charge in [0.15, 0.2) is 0 Å². The van der Waals surface area contributed by atoms with Gasteiger partial charge >= 0.3 is 0 Å². The van der Waals surface area contributed by atoms with Crippen LogP contribution in [0.25, 0.3) is 0 Å². The van der Waals surface area contributed by atoms with Gasteiger partial charge in [-0.05, 0) is 33.3 Å². The molecule has 6 nitrogen and oxygen atoms in total. The van der Waals surface area contributed by atoms with Crippen LogP contribution >= 0.6 is 0 Å². The van der Waals surface area contributed by atoms with Crippen molar-refractivity contribution in [2.24, 2.45) is 5.84 Å². The zero-order valence-electron chi connectivity index (χ0n) is 11.9. The second-order valence-corrected chi connectivity index (χ2v) is 4.67. The highest BCUT2D eigenvalue weighted by Crippen LogP contribution is 2.28.